The summed E-state index contributed by atoms with van der Waals surface area (Å²) in [6.07, 6.45) is -3.14. The summed E-state index contributed by atoms with van der Waals surface area (Å²) in [5.41, 5.74) is 9.98. The van der Waals surface area contributed by atoms with Crippen molar-refractivity contribution in [1.29, 1.82) is 0 Å². The molecule has 5 rings (SSSR count). The summed E-state index contributed by atoms with van der Waals surface area (Å²) >= 11 is 0. The van der Waals surface area contributed by atoms with Crippen LogP contribution in [0.3, 0.4) is 0 Å². The van der Waals surface area contributed by atoms with E-state index in [1.807, 2.05) is 51.9 Å². The quantitative estimate of drug-likeness (QED) is 0.546. The molecule has 0 unspecified atom stereocenters. The second-order valence-corrected chi connectivity index (χ2v) is 8.78. The van der Waals surface area contributed by atoms with Gasteiger partial charge in [0.1, 0.15) is 5.82 Å². The number of anilines is 1. The Balaban J connectivity index is 1.51. The van der Waals surface area contributed by atoms with Gasteiger partial charge in [0.05, 0.1) is 23.3 Å². The average molecular weight is 458 g/mol. The van der Waals surface area contributed by atoms with Crippen molar-refractivity contribution in [2.75, 3.05) is 4.90 Å². The Hall–Kier alpha value is -3.07. The predicted molar refractivity (Wildman–Crippen MR) is 119 cm³/mol. The number of aryl methyl sites for hydroxylation is 1. The molecule has 6 nitrogen and oxygen atoms in total. The SMILES string of the molecule is NCc1ccc2c(c1)nc(CN1C(=O)N(C3CC3)Cc3ccccc31)n2CCCC(F)(F)F. The standard InChI is InChI=1S/C24H26F3N5O/c25-24(26,27)10-3-11-30-21-9-6-16(13-28)12-19(21)29-22(30)15-32-20-5-2-1-4-17(20)14-31(23(32)33)18-7-8-18/h1-2,4-6,9,12,18H,3,7-8,10-11,13-15,28H2. The normalized spacial score (nSPS) is 16.5. The molecule has 1 aliphatic heterocycles. The van der Waals surface area contributed by atoms with Gasteiger partial charge in [-0.25, -0.2) is 9.78 Å². The number of fused-ring (bicyclic) bond motifs is 2. The third-order valence-corrected chi connectivity index (χ3v) is 6.36. The summed E-state index contributed by atoms with van der Waals surface area (Å²) in [7, 11) is 0. The number of hydrogen-bond acceptors (Lipinski definition) is 3. The van der Waals surface area contributed by atoms with Gasteiger partial charge in [0.15, 0.2) is 0 Å². The molecule has 0 atom stereocenters. The molecule has 2 aromatic carbocycles. The Morgan fingerprint density at radius 2 is 1.91 bits per heavy atom. The molecule has 0 saturated heterocycles. The third-order valence-electron chi connectivity index (χ3n) is 6.36. The Morgan fingerprint density at radius 1 is 1.12 bits per heavy atom. The van der Waals surface area contributed by atoms with Crippen molar-refractivity contribution in [3.63, 3.8) is 0 Å². The first-order valence-corrected chi connectivity index (χ1v) is 11.2. The average Bonchev–Trinajstić information content (AvgIpc) is 3.57. The van der Waals surface area contributed by atoms with Crippen LogP contribution in [0.25, 0.3) is 11.0 Å². The number of rotatable bonds is 7. The molecule has 2 heterocycles. The molecule has 9 heteroatoms. The predicted octanol–water partition coefficient (Wildman–Crippen LogP) is 4.94. The fourth-order valence-electron chi connectivity index (χ4n) is 4.54. The Labute approximate surface area is 189 Å². The van der Waals surface area contributed by atoms with Crippen LogP contribution in [0.15, 0.2) is 42.5 Å². The van der Waals surface area contributed by atoms with E-state index in [-0.39, 0.29) is 31.6 Å². The summed E-state index contributed by atoms with van der Waals surface area (Å²) in [6, 6.07) is 13.5. The second kappa shape index (κ2) is 8.37. The smallest absolute Gasteiger partial charge is 0.326 e. The highest BCUT2D eigenvalue weighted by atomic mass is 19.4. The summed E-state index contributed by atoms with van der Waals surface area (Å²) < 4.78 is 40.3. The zero-order valence-electron chi connectivity index (χ0n) is 18.2. The molecule has 1 saturated carbocycles. The van der Waals surface area contributed by atoms with E-state index < -0.39 is 12.6 Å². The van der Waals surface area contributed by atoms with Crippen LogP contribution in [-0.2, 0) is 26.2 Å². The van der Waals surface area contributed by atoms with Crippen molar-refractivity contribution >= 4 is 22.8 Å². The molecule has 1 aliphatic carbocycles. The summed E-state index contributed by atoms with van der Waals surface area (Å²) in [6.45, 7) is 1.29. The van der Waals surface area contributed by atoms with Crippen LogP contribution in [0.5, 0.6) is 0 Å². The monoisotopic (exact) mass is 457 g/mol. The lowest BCUT2D eigenvalue weighted by Crippen LogP contribution is -2.48. The number of halogens is 3. The first-order valence-electron chi connectivity index (χ1n) is 11.2. The van der Waals surface area contributed by atoms with E-state index in [0.29, 0.717) is 24.4 Å². The number of alkyl halides is 3. The first-order chi connectivity index (χ1) is 15.8. The number of urea groups is 1. The molecule has 0 spiro atoms. The van der Waals surface area contributed by atoms with E-state index >= 15 is 0 Å². The number of carbonyl (C=O) groups is 1. The lowest BCUT2D eigenvalue weighted by atomic mass is 10.1. The van der Waals surface area contributed by atoms with Crippen molar-refractivity contribution in [3.05, 3.63) is 59.4 Å². The van der Waals surface area contributed by atoms with Gasteiger partial charge in [-0.2, -0.15) is 13.2 Å². The van der Waals surface area contributed by atoms with Gasteiger partial charge in [-0.3, -0.25) is 4.90 Å². The van der Waals surface area contributed by atoms with Gasteiger partial charge < -0.3 is 15.2 Å². The number of nitrogens with two attached hydrogens (primary N) is 1. The Morgan fingerprint density at radius 3 is 2.64 bits per heavy atom. The van der Waals surface area contributed by atoms with Crippen LogP contribution in [0, 0.1) is 0 Å². The van der Waals surface area contributed by atoms with Crippen LogP contribution in [0.2, 0.25) is 0 Å². The first kappa shape index (κ1) is 21.8. The highest BCUT2D eigenvalue weighted by molar-refractivity contribution is 5.95. The summed E-state index contributed by atoms with van der Waals surface area (Å²) in [5, 5.41) is 0. The number of carbonyl (C=O) groups excluding carboxylic acids is 1. The van der Waals surface area contributed by atoms with Crippen LogP contribution in [0.4, 0.5) is 23.7 Å². The number of nitrogens with zero attached hydrogens (tertiary/aromatic N) is 4. The Bertz CT molecular complexity index is 1180. The van der Waals surface area contributed by atoms with Crippen molar-refractivity contribution in [2.24, 2.45) is 5.73 Å². The minimum Gasteiger partial charge on any atom is -0.326 e. The van der Waals surface area contributed by atoms with Crippen LogP contribution in [-0.4, -0.2) is 32.7 Å². The number of imidazole rings is 1. The molecule has 2 amide bonds. The van der Waals surface area contributed by atoms with Crippen LogP contribution >= 0.6 is 0 Å². The van der Waals surface area contributed by atoms with E-state index in [4.69, 9.17) is 10.7 Å². The van der Waals surface area contributed by atoms with E-state index in [9.17, 15) is 18.0 Å². The Kier molecular flexibility index (Phi) is 5.52. The maximum absolute atomic E-state index is 13.4. The largest absolute Gasteiger partial charge is 0.389 e. The molecular formula is C24H26F3N5O. The zero-order chi connectivity index (χ0) is 23.2. The molecule has 2 N–H and O–H groups in total. The van der Waals surface area contributed by atoms with E-state index in [0.717, 1.165) is 35.2 Å². The van der Waals surface area contributed by atoms with E-state index in [2.05, 4.69) is 0 Å². The maximum Gasteiger partial charge on any atom is 0.389 e. The van der Waals surface area contributed by atoms with Crippen LogP contribution in [0.1, 0.15) is 42.6 Å². The van der Waals surface area contributed by atoms with Gasteiger partial charge in [0.25, 0.3) is 0 Å². The van der Waals surface area contributed by atoms with E-state index in [1.165, 1.54) is 0 Å². The lowest BCUT2D eigenvalue weighted by Gasteiger charge is -2.37. The molecule has 0 bridgehead atoms. The molecule has 3 aromatic rings. The van der Waals surface area contributed by atoms with Crippen molar-refractivity contribution in [2.45, 2.75) is 64.1 Å². The van der Waals surface area contributed by atoms with Gasteiger partial charge in [0, 0.05) is 32.1 Å². The highest BCUT2D eigenvalue weighted by Crippen LogP contribution is 2.37. The summed E-state index contributed by atoms with van der Waals surface area (Å²) in [5.74, 6) is 0.571. The number of benzene rings is 2. The molecule has 2 aliphatic rings. The molecule has 1 aromatic heterocycles. The van der Waals surface area contributed by atoms with E-state index in [1.54, 1.807) is 4.90 Å². The number of hydrogen-bond donors (Lipinski definition) is 1. The van der Waals surface area contributed by atoms with Crippen molar-refractivity contribution < 1.29 is 18.0 Å². The van der Waals surface area contributed by atoms with Crippen molar-refractivity contribution in [3.8, 4) is 0 Å². The number of amides is 2. The van der Waals surface area contributed by atoms with Crippen LogP contribution < -0.4 is 10.6 Å². The number of aromatic nitrogens is 2. The van der Waals surface area contributed by atoms with Crippen molar-refractivity contribution in [1.82, 2.24) is 14.5 Å². The fourth-order valence-corrected chi connectivity index (χ4v) is 4.54. The molecular weight excluding hydrogens is 431 g/mol. The zero-order valence-corrected chi connectivity index (χ0v) is 18.2. The summed E-state index contributed by atoms with van der Waals surface area (Å²) in [4.78, 5) is 21.7. The van der Waals surface area contributed by atoms with Gasteiger partial charge >= 0.3 is 12.2 Å². The van der Waals surface area contributed by atoms with Gasteiger partial charge in [0.2, 0.25) is 0 Å². The third kappa shape index (κ3) is 4.42. The topological polar surface area (TPSA) is 67.4 Å². The second-order valence-electron chi connectivity index (χ2n) is 8.78. The number of para-hydroxylation sites is 1. The molecule has 0 radical (unpaired) electrons. The maximum atomic E-state index is 13.4. The minimum absolute atomic E-state index is 0.0562. The molecule has 1 fully saturated rings. The fraction of sp³-hybridized carbons (Fsp3) is 0.417. The highest BCUT2D eigenvalue weighted by Gasteiger charge is 2.39. The van der Waals surface area contributed by atoms with Gasteiger partial charge in [-0.15, -0.1) is 0 Å². The van der Waals surface area contributed by atoms with Gasteiger partial charge in [-0.1, -0.05) is 24.3 Å². The van der Waals surface area contributed by atoms with Gasteiger partial charge in [-0.05, 0) is 48.6 Å². The lowest BCUT2D eigenvalue weighted by molar-refractivity contribution is -0.135. The molecule has 33 heavy (non-hydrogen) atoms. The molecule has 174 valence electrons. The minimum atomic E-state index is -4.21.